The Morgan fingerprint density at radius 3 is 2.40 bits per heavy atom. The summed E-state index contributed by atoms with van der Waals surface area (Å²) in [6, 6.07) is 7.79. The highest BCUT2D eigenvalue weighted by molar-refractivity contribution is 5.87. The lowest BCUT2D eigenvalue weighted by Gasteiger charge is -2.13. The van der Waals surface area contributed by atoms with E-state index in [4.69, 9.17) is 9.47 Å². The average Bonchev–Trinajstić information content (AvgIpc) is 2.64. The van der Waals surface area contributed by atoms with E-state index in [0.717, 1.165) is 37.2 Å². The zero-order valence-electron chi connectivity index (χ0n) is 16.1. The van der Waals surface area contributed by atoms with E-state index in [2.05, 4.69) is 20.8 Å². The third kappa shape index (κ3) is 9.96. The Labute approximate surface area is 153 Å². The van der Waals surface area contributed by atoms with Crippen LogP contribution in [0.25, 0.3) is 6.08 Å². The summed E-state index contributed by atoms with van der Waals surface area (Å²) in [5, 5.41) is 0. The fourth-order valence-electron chi connectivity index (χ4n) is 2.53. The lowest BCUT2D eigenvalue weighted by Crippen LogP contribution is -2.12. The van der Waals surface area contributed by atoms with Crippen molar-refractivity contribution >= 4 is 12.0 Å². The molecule has 0 spiro atoms. The van der Waals surface area contributed by atoms with Gasteiger partial charge in [0.2, 0.25) is 0 Å². The molecular weight excluding hydrogens is 312 g/mol. The fraction of sp³-hybridized carbons (Fsp3) is 0.591. The van der Waals surface area contributed by atoms with Crippen LogP contribution in [0.4, 0.5) is 0 Å². The molecule has 1 aromatic carbocycles. The van der Waals surface area contributed by atoms with E-state index in [1.165, 1.54) is 31.8 Å². The maximum Gasteiger partial charge on any atom is 0.330 e. The van der Waals surface area contributed by atoms with Crippen LogP contribution in [0.1, 0.15) is 71.3 Å². The molecule has 0 heterocycles. The van der Waals surface area contributed by atoms with Crippen molar-refractivity contribution in [2.24, 2.45) is 5.92 Å². The number of esters is 1. The topological polar surface area (TPSA) is 35.5 Å². The highest BCUT2D eigenvalue weighted by atomic mass is 16.5. The van der Waals surface area contributed by atoms with Gasteiger partial charge in [0.05, 0.1) is 13.2 Å². The molecule has 1 atom stereocenters. The minimum atomic E-state index is -0.269. The normalized spacial score (nSPS) is 12.3. The highest BCUT2D eigenvalue weighted by Gasteiger charge is 2.08. The number of benzene rings is 1. The molecule has 3 heteroatoms. The highest BCUT2D eigenvalue weighted by Crippen LogP contribution is 2.15. The summed E-state index contributed by atoms with van der Waals surface area (Å²) in [6.45, 7) is 7.79. The lowest BCUT2D eigenvalue weighted by atomic mass is 10.0. The van der Waals surface area contributed by atoms with Gasteiger partial charge in [-0.05, 0) is 42.5 Å². The molecule has 140 valence electrons. The molecule has 0 aliphatic heterocycles. The molecular formula is C22H34O3. The maximum atomic E-state index is 11.8. The Hall–Kier alpha value is -1.77. The monoisotopic (exact) mass is 346 g/mol. The molecule has 1 unspecified atom stereocenters. The predicted molar refractivity (Wildman–Crippen MR) is 105 cm³/mol. The first-order chi connectivity index (χ1) is 12.2. The Morgan fingerprint density at radius 1 is 1.04 bits per heavy atom. The van der Waals surface area contributed by atoms with Crippen LogP contribution in [0.2, 0.25) is 0 Å². The summed E-state index contributed by atoms with van der Waals surface area (Å²) in [5.74, 6) is 1.08. The molecule has 0 radical (unpaired) electrons. The van der Waals surface area contributed by atoms with Crippen LogP contribution in [-0.2, 0) is 9.53 Å². The Balaban J connectivity index is 2.35. The summed E-state index contributed by atoms with van der Waals surface area (Å²) >= 11 is 0. The molecule has 1 aromatic rings. The van der Waals surface area contributed by atoms with Crippen molar-refractivity contribution in [1.29, 1.82) is 0 Å². The standard InChI is InChI=1S/C22H34O3/c1-4-7-9-17-24-21-14-11-20(12-15-21)13-16-22(23)25-18-19(6-3)10-8-5-2/h11-16,19H,4-10,17-18H2,1-3H3. The van der Waals surface area contributed by atoms with Crippen LogP contribution < -0.4 is 4.74 Å². The van der Waals surface area contributed by atoms with Gasteiger partial charge in [-0.15, -0.1) is 0 Å². The Kier molecular flexibility index (Phi) is 11.5. The van der Waals surface area contributed by atoms with Gasteiger partial charge >= 0.3 is 5.97 Å². The number of ether oxygens (including phenoxy) is 2. The van der Waals surface area contributed by atoms with Gasteiger partial charge in [0.25, 0.3) is 0 Å². The summed E-state index contributed by atoms with van der Waals surface area (Å²) in [7, 11) is 0. The smallest absolute Gasteiger partial charge is 0.330 e. The molecule has 0 saturated carbocycles. The number of hydrogen-bond donors (Lipinski definition) is 0. The van der Waals surface area contributed by atoms with E-state index in [1.807, 2.05) is 24.3 Å². The van der Waals surface area contributed by atoms with Crippen molar-refractivity contribution in [3.05, 3.63) is 35.9 Å². The number of hydrogen-bond acceptors (Lipinski definition) is 3. The largest absolute Gasteiger partial charge is 0.494 e. The first kappa shape index (κ1) is 21.3. The maximum absolute atomic E-state index is 11.8. The van der Waals surface area contributed by atoms with Crippen LogP contribution in [-0.4, -0.2) is 19.2 Å². The summed E-state index contributed by atoms with van der Waals surface area (Å²) in [4.78, 5) is 11.8. The van der Waals surface area contributed by atoms with Gasteiger partial charge < -0.3 is 9.47 Å². The van der Waals surface area contributed by atoms with E-state index in [1.54, 1.807) is 6.08 Å². The van der Waals surface area contributed by atoms with E-state index in [9.17, 15) is 4.79 Å². The van der Waals surface area contributed by atoms with Crippen LogP contribution in [0.15, 0.2) is 30.3 Å². The van der Waals surface area contributed by atoms with E-state index >= 15 is 0 Å². The molecule has 0 bridgehead atoms. The minimum absolute atomic E-state index is 0.269. The van der Waals surface area contributed by atoms with Gasteiger partial charge in [0.1, 0.15) is 5.75 Å². The molecule has 0 aromatic heterocycles. The van der Waals surface area contributed by atoms with Crippen molar-refractivity contribution < 1.29 is 14.3 Å². The Bertz CT molecular complexity index is 490. The van der Waals surface area contributed by atoms with Gasteiger partial charge in [-0.1, -0.05) is 65.0 Å². The predicted octanol–water partition coefficient (Wildman–Crippen LogP) is 6.03. The molecule has 25 heavy (non-hydrogen) atoms. The van der Waals surface area contributed by atoms with Crippen molar-refractivity contribution in [2.45, 2.75) is 65.7 Å². The van der Waals surface area contributed by atoms with Crippen LogP contribution in [0, 0.1) is 5.92 Å². The van der Waals surface area contributed by atoms with Crippen molar-refractivity contribution in [1.82, 2.24) is 0 Å². The second kappa shape index (κ2) is 13.5. The second-order valence-electron chi connectivity index (χ2n) is 6.50. The average molecular weight is 347 g/mol. The van der Waals surface area contributed by atoms with E-state index < -0.39 is 0 Å². The van der Waals surface area contributed by atoms with Gasteiger partial charge in [0.15, 0.2) is 0 Å². The summed E-state index contributed by atoms with van der Waals surface area (Å²) < 4.78 is 11.0. The quantitative estimate of drug-likeness (QED) is 0.248. The molecule has 0 fully saturated rings. The van der Waals surface area contributed by atoms with Crippen LogP contribution in [0.3, 0.4) is 0 Å². The number of carbonyl (C=O) groups excluding carboxylic acids is 1. The molecule has 0 N–H and O–H groups in total. The van der Waals surface area contributed by atoms with Gasteiger partial charge in [-0.2, -0.15) is 0 Å². The SMILES string of the molecule is CCCCCOc1ccc(C=CC(=O)OCC(CC)CCCC)cc1. The first-order valence-electron chi connectivity index (χ1n) is 9.77. The number of rotatable bonds is 13. The number of unbranched alkanes of at least 4 members (excludes halogenated alkanes) is 3. The summed E-state index contributed by atoms with van der Waals surface area (Å²) in [5.41, 5.74) is 0.968. The lowest BCUT2D eigenvalue weighted by molar-refractivity contribution is -0.139. The Morgan fingerprint density at radius 2 is 1.76 bits per heavy atom. The molecule has 0 aliphatic carbocycles. The van der Waals surface area contributed by atoms with Gasteiger partial charge in [0, 0.05) is 6.08 Å². The molecule has 0 saturated heterocycles. The third-order valence-electron chi connectivity index (χ3n) is 4.31. The van der Waals surface area contributed by atoms with Crippen LogP contribution in [0.5, 0.6) is 5.75 Å². The zero-order chi connectivity index (χ0) is 18.3. The third-order valence-corrected chi connectivity index (χ3v) is 4.31. The van der Waals surface area contributed by atoms with Crippen molar-refractivity contribution in [3.8, 4) is 5.75 Å². The van der Waals surface area contributed by atoms with Gasteiger partial charge in [-0.3, -0.25) is 0 Å². The molecule has 1 rings (SSSR count). The van der Waals surface area contributed by atoms with Crippen molar-refractivity contribution in [2.75, 3.05) is 13.2 Å². The summed E-state index contributed by atoms with van der Waals surface area (Å²) in [6.07, 6.45) is 11.3. The molecule has 0 aliphatic rings. The molecule has 0 amide bonds. The first-order valence-corrected chi connectivity index (χ1v) is 9.77. The van der Waals surface area contributed by atoms with Gasteiger partial charge in [-0.25, -0.2) is 4.79 Å². The zero-order valence-corrected chi connectivity index (χ0v) is 16.1. The number of carbonyl (C=O) groups is 1. The fourth-order valence-corrected chi connectivity index (χ4v) is 2.53. The van der Waals surface area contributed by atoms with E-state index in [-0.39, 0.29) is 5.97 Å². The van der Waals surface area contributed by atoms with E-state index in [0.29, 0.717) is 12.5 Å². The van der Waals surface area contributed by atoms with Crippen molar-refractivity contribution in [3.63, 3.8) is 0 Å². The molecule has 3 nitrogen and oxygen atoms in total. The van der Waals surface area contributed by atoms with Crippen LogP contribution >= 0.6 is 0 Å². The minimum Gasteiger partial charge on any atom is -0.494 e. The second-order valence-corrected chi connectivity index (χ2v) is 6.50.